The number of hydrogen-bond acceptors (Lipinski definition) is 3. The predicted octanol–water partition coefficient (Wildman–Crippen LogP) is 4.20. The molecule has 2 nitrogen and oxygen atoms in total. The molecule has 1 unspecified atom stereocenters. The Balaban J connectivity index is 2.06. The second kappa shape index (κ2) is 5.35. The molecule has 0 N–H and O–H groups in total. The van der Waals surface area contributed by atoms with Crippen molar-refractivity contribution in [3.05, 3.63) is 34.3 Å². The minimum absolute atomic E-state index is 0.212. The van der Waals surface area contributed by atoms with Gasteiger partial charge in [0.15, 0.2) is 5.12 Å². The molecule has 0 aromatic rings. The summed E-state index contributed by atoms with van der Waals surface area (Å²) >= 11 is 1.43. The van der Waals surface area contributed by atoms with Crippen molar-refractivity contribution >= 4 is 16.9 Å². The van der Waals surface area contributed by atoms with Crippen molar-refractivity contribution in [2.24, 2.45) is 5.92 Å². The van der Waals surface area contributed by atoms with E-state index in [4.69, 9.17) is 4.74 Å². The van der Waals surface area contributed by atoms with E-state index in [1.54, 1.807) is 6.92 Å². The van der Waals surface area contributed by atoms with Crippen LogP contribution in [-0.4, -0.2) is 10.9 Å². The SMILES string of the molecule is CC(=O)SCCC1C=C2C(C)=C(C)OC(C)=C2C1. The molecule has 1 heterocycles. The maximum Gasteiger partial charge on any atom is 0.185 e. The van der Waals surface area contributed by atoms with E-state index in [0.717, 1.165) is 30.1 Å². The minimum Gasteiger partial charge on any atom is -0.466 e. The van der Waals surface area contributed by atoms with Gasteiger partial charge in [-0.2, -0.15) is 0 Å². The van der Waals surface area contributed by atoms with Gasteiger partial charge < -0.3 is 4.74 Å². The molecule has 0 amide bonds. The van der Waals surface area contributed by atoms with Gasteiger partial charge in [0.25, 0.3) is 0 Å². The van der Waals surface area contributed by atoms with Gasteiger partial charge in [-0.1, -0.05) is 17.8 Å². The molecule has 98 valence electrons. The minimum atomic E-state index is 0.212. The lowest BCUT2D eigenvalue weighted by atomic mass is 9.97. The monoisotopic (exact) mass is 264 g/mol. The number of fused-ring (bicyclic) bond motifs is 1. The van der Waals surface area contributed by atoms with E-state index >= 15 is 0 Å². The Labute approximate surface area is 113 Å². The molecule has 2 rings (SSSR count). The number of allylic oxidation sites excluding steroid dienone is 6. The van der Waals surface area contributed by atoms with Crippen LogP contribution in [0.1, 0.15) is 40.5 Å². The topological polar surface area (TPSA) is 26.3 Å². The van der Waals surface area contributed by atoms with Crippen molar-refractivity contribution in [1.29, 1.82) is 0 Å². The first-order valence-electron chi connectivity index (χ1n) is 6.40. The summed E-state index contributed by atoms with van der Waals surface area (Å²) in [5.74, 6) is 3.53. The highest BCUT2D eigenvalue weighted by molar-refractivity contribution is 8.13. The summed E-state index contributed by atoms with van der Waals surface area (Å²) in [4.78, 5) is 10.9. The van der Waals surface area contributed by atoms with Crippen LogP contribution in [0.3, 0.4) is 0 Å². The summed E-state index contributed by atoms with van der Waals surface area (Å²) < 4.78 is 5.76. The van der Waals surface area contributed by atoms with Crippen LogP contribution in [0.4, 0.5) is 0 Å². The van der Waals surface area contributed by atoms with Gasteiger partial charge in [-0.25, -0.2) is 0 Å². The molecule has 0 fully saturated rings. The highest BCUT2D eigenvalue weighted by atomic mass is 32.2. The molecule has 0 bridgehead atoms. The summed E-state index contributed by atoms with van der Waals surface area (Å²) in [6, 6.07) is 0. The van der Waals surface area contributed by atoms with Crippen molar-refractivity contribution in [1.82, 2.24) is 0 Å². The smallest absolute Gasteiger partial charge is 0.185 e. The molecular weight excluding hydrogens is 244 g/mol. The standard InChI is InChI=1S/C15H20O2S/c1-9-10(2)17-11(3)15-8-13(7-14(9)15)5-6-18-12(4)16/h7,13H,5-6,8H2,1-4H3. The highest BCUT2D eigenvalue weighted by Gasteiger charge is 2.28. The second-order valence-electron chi connectivity index (χ2n) is 4.99. The Kier molecular flexibility index (Phi) is 4.00. The van der Waals surface area contributed by atoms with Crippen LogP contribution in [0.2, 0.25) is 0 Å². The van der Waals surface area contributed by atoms with Crippen LogP contribution in [0, 0.1) is 5.92 Å². The zero-order valence-electron chi connectivity index (χ0n) is 11.5. The molecule has 1 aliphatic carbocycles. The molecule has 3 heteroatoms. The van der Waals surface area contributed by atoms with Crippen LogP contribution in [0.15, 0.2) is 34.3 Å². The zero-order chi connectivity index (χ0) is 13.3. The molecule has 18 heavy (non-hydrogen) atoms. The van der Waals surface area contributed by atoms with E-state index < -0.39 is 0 Å². The fourth-order valence-electron chi connectivity index (χ4n) is 2.55. The van der Waals surface area contributed by atoms with Crippen LogP contribution in [-0.2, 0) is 9.53 Å². The Morgan fingerprint density at radius 2 is 2.11 bits per heavy atom. The number of rotatable bonds is 3. The first kappa shape index (κ1) is 13.5. The number of thioether (sulfide) groups is 1. The van der Waals surface area contributed by atoms with Gasteiger partial charge in [-0.05, 0) is 56.3 Å². The quantitative estimate of drug-likeness (QED) is 0.764. The van der Waals surface area contributed by atoms with E-state index in [-0.39, 0.29) is 5.12 Å². The molecule has 0 aromatic carbocycles. The van der Waals surface area contributed by atoms with E-state index in [1.807, 2.05) is 13.8 Å². The van der Waals surface area contributed by atoms with Crippen LogP contribution < -0.4 is 0 Å². The lowest BCUT2D eigenvalue weighted by Gasteiger charge is -2.21. The Hall–Kier alpha value is -0.960. The lowest BCUT2D eigenvalue weighted by Crippen LogP contribution is -2.04. The maximum atomic E-state index is 10.9. The fraction of sp³-hybridized carbons (Fsp3) is 0.533. The van der Waals surface area contributed by atoms with E-state index in [9.17, 15) is 4.79 Å². The third kappa shape index (κ3) is 2.72. The van der Waals surface area contributed by atoms with Crippen molar-refractivity contribution in [2.75, 3.05) is 5.75 Å². The first-order chi connectivity index (χ1) is 8.49. The molecule has 0 aromatic heterocycles. The van der Waals surface area contributed by atoms with Crippen molar-refractivity contribution < 1.29 is 9.53 Å². The van der Waals surface area contributed by atoms with Gasteiger partial charge in [0.1, 0.15) is 11.5 Å². The third-order valence-electron chi connectivity index (χ3n) is 3.65. The summed E-state index contributed by atoms with van der Waals surface area (Å²) in [7, 11) is 0. The highest BCUT2D eigenvalue weighted by Crippen LogP contribution is 2.42. The molecule has 2 aliphatic rings. The lowest BCUT2D eigenvalue weighted by molar-refractivity contribution is -0.109. The Morgan fingerprint density at radius 1 is 1.39 bits per heavy atom. The largest absolute Gasteiger partial charge is 0.466 e. The molecule has 0 spiro atoms. The summed E-state index contributed by atoms with van der Waals surface area (Å²) in [6.45, 7) is 7.83. The molecule has 1 atom stereocenters. The van der Waals surface area contributed by atoms with Gasteiger partial charge in [-0.15, -0.1) is 0 Å². The molecule has 0 radical (unpaired) electrons. The van der Waals surface area contributed by atoms with Crippen molar-refractivity contribution in [3.8, 4) is 0 Å². The van der Waals surface area contributed by atoms with Gasteiger partial charge in [0.2, 0.25) is 0 Å². The van der Waals surface area contributed by atoms with Gasteiger partial charge in [0, 0.05) is 12.7 Å². The van der Waals surface area contributed by atoms with Crippen LogP contribution in [0.25, 0.3) is 0 Å². The van der Waals surface area contributed by atoms with E-state index in [1.165, 1.54) is 28.5 Å². The van der Waals surface area contributed by atoms with E-state index in [0.29, 0.717) is 5.92 Å². The number of ether oxygens (including phenoxy) is 1. The predicted molar refractivity (Wildman–Crippen MR) is 76.1 cm³/mol. The zero-order valence-corrected chi connectivity index (χ0v) is 12.3. The van der Waals surface area contributed by atoms with Gasteiger partial charge >= 0.3 is 0 Å². The maximum absolute atomic E-state index is 10.9. The van der Waals surface area contributed by atoms with Crippen molar-refractivity contribution in [2.45, 2.75) is 40.5 Å². The van der Waals surface area contributed by atoms with Crippen LogP contribution >= 0.6 is 11.8 Å². The van der Waals surface area contributed by atoms with Crippen molar-refractivity contribution in [3.63, 3.8) is 0 Å². The van der Waals surface area contributed by atoms with Gasteiger partial charge in [-0.3, -0.25) is 4.79 Å². The average molecular weight is 264 g/mol. The summed E-state index contributed by atoms with van der Waals surface area (Å²) in [5, 5.41) is 0.212. The molecular formula is C15H20O2S. The third-order valence-corrected chi connectivity index (χ3v) is 4.50. The molecule has 0 saturated carbocycles. The molecule has 0 saturated heterocycles. The van der Waals surface area contributed by atoms with Crippen LogP contribution in [0.5, 0.6) is 0 Å². The first-order valence-corrected chi connectivity index (χ1v) is 7.38. The number of carbonyl (C=O) groups excluding carboxylic acids is 1. The molecule has 1 aliphatic heterocycles. The van der Waals surface area contributed by atoms with Gasteiger partial charge in [0.05, 0.1) is 0 Å². The fourth-order valence-corrected chi connectivity index (χ4v) is 3.26. The Bertz CT molecular complexity index is 469. The summed E-state index contributed by atoms with van der Waals surface area (Å²) in [6.07, 6.45) is 4.49. The normalized spacial score (nSPS) is 22.9. The van der Waals surface area contributed by atoms with E-state index in [2.05, 4.69) is 13.0 Å². The number of carbonyl (C=O) groups is 1. The number of hydrogen-bond donors (Lipinski definition) is 0. The Morgan fingerprint density at radius 3 is 2.78 bits per heavy atom. The second-order valence-corrected chi connectivity index (χ2v) is 6.26. The average Bonchev–Trinajstić information content (AvgIpc) is 2.70. The summed E-state index contributed by atoms with van der Waals surface area (Å²) in [5.41, 5.74) is 3.99.